The molecule has 0 aliphatic heterocycles. The van der Waals surface area contributed by atoms with Crippen molar-refractivity contribution in [3.8, 4) is 0 Å². The van der Waals surface area contributed by atoms with Crippen molar-refractivity contribution in [1.82, 2.24) is 5.43 Å². The van der Waals surface area contributed by atoms with E-state index in [0.29, 0.717) is 0 Å². The molecule has 0 radical (unpaired) electrons. The van der Waals surface area contributed by atoms with E-state index >= 15 is 0 Å². The molecule has 0 aliphatic carbocycles. The van der Waals surface area contributed by atoms with E-state index in [4.69, 9.17) is 5.11 Å². The Hall–Kier alpha value is -1.06. The number of hydrogen-bond donors (Lipinski definition) is 2. The summed E-state index contributed by atoms with van der Waals surface area (Å²) in [6.45, 7) is 3.45. The molecule has 9 heavy (non-hydrogen) atoms. The van der Waals surface area contributed by atoms with Crippen LogP contribution in [0, 0.1) is 0 Å². The molecule has 0 heterocycles. The molecule has 0 fully saturated rings. The Labute approximate surface area is 53.6 Å². The van der Waals surface area contributed by atoms with Gasteiger partial charge in [0, 0.05) is 5.71 Å². The lowest BCUT2D eigenvalue weighted by Crippen LogP contribution is -2.17. The highest BCUT2D eigenvalue weighted by atomic mass is 16.4. The Morgan fingerprint density at radius 2 is 2.22 bits per heavy atom. The predicted molar refractivity (Wildman–Crippen MR) is 34.4 cm³/mol. The normalized spacial score (nSPS) is 8.22. The summed E-state index contributed by atoms with van der Waals surface area (Å²) in [5, 5.41) is 11.7. The zero-order valence-electron chi connectivity index (χ0n) is 5.51. The van der Waals surface area contributed by atoms with Crippen molar-refractivity contribution in [1.29, 1.82) is 0 Å². The predicted octanol–water partition coefficient (Wildman–Crippen LogP) is 0.0564. The number of aliphatic carboxylic acids is 1. The Morgan fingerprint density at radius 3 is 2.56 bits per heavy atom. The van der Waals surface area contributed by atoms with Crippen molar-refractivity contribution in [2.24, 2.45) is 5.10 Å². The fourth-order valence-electron chi connectivity index (χ4n) is 0.265. The van der Waals surface area contributed by atoms with Gasteiger partial charge >= 0.3 is 5.97 Å². The van der Waals surface area contributed by atoms with Gasteiger partial charge < -0.3 is 5.11 Å². The first-order valence-corrected chi connectivity index (χ1v) is 2.58. The third kappa shape index (κ3) is 6.94. The minimum absolute atomic E-state index is 0.120. The minimum Gasteiger partial charge on any atom is -0.480 e. The smallest absolute Gasteiger partial charge is 0.324 e. The summed E-state index contributed by atoms with van der Waals surface area (Å²) in [4.78, 5) is 9.85. The van der Waals surface area contributed by atoms with Gasteiger partial charge in [0.1, 0.15) is 6.54 Å². The fourth-order valence-corrected chi connectivity index (χ4v) is 0.265. The van der Waals surface area contributed by atoms with Crippen LogP contribution in [0.3, 0.4) is 0 Å². The van der Waals surface area contributed by atoms with Crippen molar-refractivity contribution in [3.63, 3.8) is 0 Å². The Bertz CT molecular complexity index is 127. The van der Waals surface area contributed by atoms with Crippen molar-refractivity contribution >= 4 is 11.7 Å². The molecular formula is C5H10N2O2. The molecule has 0 spiro atoms. The summed E-state index contributed by atoms with van der Waals surface area (Å²) in [5.41, 5.74) is 3.19. The molecule has 0 amide bonds. The van der Waals surface area contributed by atoms with Gasteiger partial charge in [-0.2, -0.15) is 5.10 Å². The topological polar surface area (TPSA) is 61.7 Å². The second-order valence-electron chi connectivity index (χ2n) is 1.79. The van der Waals surface area contributed by atoms with Crippen LogP contribution in [-0.2, 0) is 4.79 Å². The number of nitrogens with one attached hydrogen (secondary N) is 1. The minimum atomic E-state index is -0.903. The number of carboxylic acids is 1. The third-order valence-electron chi connectivity index (χ3n) is 0.533. The summed E-state index contributed by atoms with van der Waals surface area (Å²) in [7, 11) is 0. The zero-order valence-corrected chi connectivity index (χ0v) is 5.51. The van der Waals surface area contributed by atoms with Crippen molar-refractivity contribution in [2.45, 2.75) is 13.8 Å². The second kappa shape index (κ2) is 3.88. The Kier molecular flexibility index (Phi) is 3.43. The van der Waals surface area contributed by atoms with Gasteiger partial charge in [-0.05, 0) is 13.8 Å². The average Bonchev–Trinajstić information content (AvgIpc) is 1.63. The monoisotopic (exact) mass is 130 g/mol. The van der Waals surface area contributed by atoms with Crippen molar-refractivity contribution < 1.29 is 9.90 Å². The van der Waals surface area contributed by atoms with Gasteiger partial charge in [0.25, 0.3) is 0 Å². The third-order valence-corrected chi connectivity index (χ3v) is 0.533. The molecule has 0 unspecified atom stereocenters. The van der Waals surface area contributed by atoms with E-state index in [2.05, 4.69) is 10.5 Å². The number of carboxylic acid groups (broad SMARTS) is 1. The van der Waals surface area contributed by atoms with E-state index in [1.807, 2.05) is 0 Å². The van der Waals surface area contributed by atoms with E-state index in [0.717, 1.165) is 5.71 Å². The molecule has 0 rings (SSSR count). The fraction of sp³-hybridized carbons (Fsp3) is 0.600. The van der Waals surface area contributed by atoms with Crippen LogP contribution in [0.4, 0.5) is 0 Å². The quantitative estimate of drug-likeness (QED) is 0.419. The maximum atomic E-state index is 9.85. The van der Waals surface area contributed by atoms with Gasteiger partial charge in [-0.1, -0.05) is 0 Å². The lowest BCUT2D eigenvalue weighted by molar-refractivity contribution is -0.135. The molecule has 4 nitrogen and oxygen atoms in total. The van der Waals surface area contributed by atoms with Gasteiger partial charge in [0.2, 0.25) is 0 Å². The summed E-state index contributed by atoms with van der Waals surface area (Å²) in [5.74, 6) is -0.903. The molecule has 0 bridgehead atoms. The molecule has 0 aromatic rings. The number of carbonyl (C=O) groups is 1. The molecule has 0 aromatic heterocycles. The van der Waals surface area contributed by atoms with Crippen LogP contribution in [0.15, 0.2) is 5.10 Å². The van der Waals surface area contributed by atoms with Crippen molar-refractivity contribution in [3.05, 3.63) is 0 Å². The number of rotatable bonds is 3. The van der Waals surface area contributed by atoms with Crippen LogP contribution >= 0.6 is 0 Å². The van der Waals surface area contributed by atoms with Crippen LogP contribution in [0.2, 0.25) is 0 Å². The molecule has 2 N–H and O–H groups in total. The summed E-state index contributed by atoms with van der Waals surface area (Å²) >= 11 is 0. The first kappa shape index (κ1) is 7.94. The van der Waals surface area contributed by atoms with E-state index < -0.39 is 5.97 Å². The zero-order chi connectivity index (χ0) is 7.28. The van der Waals surface area contributed by atoms with Crippen LogP contribution in [-0.4, -0.2) is 23.3 Å². The maximum absolute atomic E-state index is 9.85. The van der Waals surface area contributed by atoms with Crippen LogP contribution in [0.1, 0.15) is 13.8 Å². The first-order valence-electron chi connectivity index (χ1n) is 2.58. The Balaban J connectivity index is 3.31. The van der Waals surface area contributed by atoms with Gasteiger partial charge in [-0.15, -0.1) is 0 Å². The van der Waals surface area contributed by atoms with E-state index in [1.165, 1.54) is 0 Å². The molecule has 4 heteroatoms. The van der Waals surface area contributed by atoms with Crippen LogP contribution in [0.25, 0.3) is 0 Å². The molecular weight excluding hydrogens is 120 g/mol. The highest BCUT2D eigenvalue weighted by Gasteiger charge is 1.89. The first-order chi connectivity index (χ1) is 4.13. The van der Waals surface area contributed by atoms with Gasteiger partial charge in [-0.3, -0.25) is 10.2 Å². The van der Waals surface area contributed by atoms with Gasteiger partial charge in [-0.25, -0.2) is 0 Å². The number of hydrazone groups is 1. The van der Waals surface area contributed by atoms with Gasteiger partial charge in [0.15, 0.2) is 0 Å². The van der Waals surface area contributed by atoms with E-state index in [-0.39, 0.29) is 6.54 Å². The second-order valence-corrected chi connectivity index (χ2v) is 1.79. The summed E-state index contributed by atoms with van der Waals surface area (Å²) < 4.78 is 0. The molecule has 0 aromatic carbocycles. The average molecular weight is 130 g/mol. The highest BCUT2D eigenvalue weighted by Crippen LogP contribution is 1.68. The lowest BCUT2D eigenvalue weighted by Gasteiger charge is -1.93. The summed E-state index contributed by atoms with van der Waals surface area (Å²) in [6.07, 6.45) is 0. The summed E-state index contributed by atoms with van der Waals surface area (Å²) in [6, 6.07) is 0. The Morgan fingerprint density at radius 1 is 1.67 bits per heavy atom. The lowest BCUT2D eigenvalue weighted by atomic mass is 10.5. The molecule has 0 atom stereocenters. The molecule has 0 saturated carbocycles. The SMILES string of the molecule is CC(C)=NNCC(=O)O. The van der Waals surface area contributed by atoms with Crippen LogP contribution in [0.5, 0.6) is 0 Å². The van der Waals surface area contributed by atoms with Crippen LogP contribution < -0.4 is 5.43 Å². The van der Waals surface area contributed by atoms with Gasteiger partial charge in [0.05, 0.1) is 0 Å². The van der Waals surface area contributed by atoms with Crippen molar-refractivity contribution in [2.75, 3.05) is 6.54 Å². The van der Waals surface area contributed by atoms with E-state index in [1.54, 1.807) is 13.8 Å². The molecule has 0 saturated heterocycles. The maximum Gasteiger partial charge on any atom is 0.324 e. The number of hydrogen-bond acceptors (Lipinski definition) is 3. The van der Waals surface area contributed by atoms with E-state index in [9.17, 15) is 4.79 Å². The molecule has 0 aliphatic rings. The number of nitrogens with zero attached hydrogens (tertiary/aromatic N) is 1. The standard InChI is InChI=1S/C5H10N2O2/c1-4(2)7-6-3-5(8)9/h6H,3H2,1-2H3,(H,8,9). The highest BCUT2D eigenvalue weighted by molar-refractivity contribution is 5.79. The molecule has 52 valence electrons. The largest absolute Gasteiger partial charge is 0.480 e.